The Balaban J connectivity index is 1.82. The van der Waals surface area contributed by atoms with Gasteiger partial charge in [0.2, 0.25) is 0 Å². The average Bonchev–Trinajstić information content (AvgIpc) is 3.21. The zero-order chi connectivity index (χ0) is 23.6. The van der Waals surface area contributed by atoms with Crippen molar-refractivity contribution in [3.8, 4) is 0 Å². The van der Waals surface area contributed by atoms with E-state index in [1.54, 1.807) is 20.8 Å². The van der Waals surface area contributed by atoms with Gasteiger partial charge in [-0.05, 0) is 20.8 Å². The van der Waals surface area contributed by atoms with Crippen LogP contribution in [0.1, 0.15) is 36.3 Å². The number of amides is 1. The van der Waals surface area contributed by atoms with Gasteiger partial charge in [-0.3, -0.25) is 9.36 Å². The van der Waals surface area contributed by atoms with Crippen LogP contribution in [0.15, 0.2) is 6.20 Å². The van der Waals surface area contributed by atoms with Gasteiger partial charge in [-0.1, -0.05) is 0 Å². The molecular weight excluding hydrogens is 445 g/mol. The second-order valence-corrected chi connectivity index (χ2v) is 9.16. The van der Waals surface area contributed by atoms with E-state index in [9.17, 15) is 19.6 Å². The number of aliphatic hydroxyl groups is 2. The quantitative estimate of drug-likeness (QED) is 0.346. The van der Waals surface area contributed by atoms with Crippen molar-refractivity contribution in [3.05, 3.63) is 17.6 Å². The molecule has 1 saturated heterocycles. The van der Waals surface area contributed by atoms with Crippen LogP contribution in [0.3, 0.4) is 0 Å². The predicted molar refractivity (Wildman–Crippen MR) is 113 cm³/mol. The largest absolute Gasteiger partial charge is 0.387 e. The molecule has 0 aromatic carbocycles. The number of nitrogen functional groups attached to an aromatic ring is 1. The lowest BCUT2D eigenvalue weighted by Gasteiger charge is -2.19. The summed E-state index contributed by atoms with van der Waals surface area (Å²) in [6.07, 6.45) is -3.81. The molecule has 13 nitrogen and oxygen atoms in total. The molecular formula is C18H28N5O8P. The number of hydrogen-bond acceptors (Lipinski definition) is 11. The number of fused-ring (bicyclic) bond motifs is 1. The number of nitrogens with zero attached hydrogens (tertiary/aromatic N) is 3. The Morgan fingerprint density at radius 2 is 1.91 bits per heavy atom. The fraction of sp³-hybridized carbons (Fsp3) is 0.611. The normalized spacial score (nSPS) is 23.8. The lowest BCUT2D eigenvalue weighted by Crippen LogP contribution is -2.34. The Morgan fingerprint density at radius 1 is 1.25 bits per heavy atom. The highest BCUT2D eigenvalue weighted by molar-refractivity contribution is 7.53. The van der Waals surface area contributed by atoms with Gasteiger partial charge in [0.05, 0.1) is 30.8 Å². The summed E-state index contributed by atoms with van der Waals surface area (Å²) in [5.41, 5.74) is 11.7. The van der Waals surface area contributed by atoms with E-state index in [0.29, 0.717) is 5.82 Å². The van der Waals surface area contributed by atoms with E-state index in [0.717, 1.165) is 0 Å². The first-order chi connectivity index (χ1) is 15.1. The third kappa shape index (κ3) is 4.79. The van der Waals surface area contributed by atoms with E-state index in [4.69, 9.17) is 30.0 Å². The Bertz CT molecular complexity index is 1020. The zero-order valence-electron chi connectivity index (χ0n) is 18.0. The molecule has 3 rings (SSSR count). The highest BCUT2D eigenvalue weighted by atomic mass is 31.2. The number of aryl methyl sites for hydroxylation is 1. The average molecular weight is 473 g/mol. The first-order valence-electron chi connectivity index (χ1n) is 10.0. The van der Waals surface area contributed by atoms with Gasteiger partial charge in [-0.2, -0.15) is 0 Å². The van der Waals surface area contributed by atoms with Crippen molar-refractivity contribution in [2.45, 2.75) is 45.3 Å². The summed E-state index contributed by atoms with van der Waals surface area (Å²) in [5.74, 6) is -0.375. The molecule has 2 aromatic rings. The van der Waals surface area contributed by atoms with Gasteiger partial charge in [-0.25, -0.2) is 9.97 Å². The first-order valence-corrected chi connectivity index (χ1v) is 11.8. The van der Waals surface area contributed by atoms with Gasteiger partial charge in [0.1, 0.15) is 41.9 Å². The van der Waals surface area contributed by atoms with E-state index in [2.05, 4.69) is 9.97 Å². The van der Waals surface area contributed by atoms with Crippen LogP contribution >= 0.6 is 7.60 Å². The zero-order valence-corrected chi connectivity index (χ0v) is 18.9. The van der Waals surface area contributed by atoms with E-state index < -0.39 is 38.0 Å². The molecule has 32 heavy (non-hydrogen) atoms. The van der Waals surface area contributed by atoms with Crippen LogP contribution in [-0.2, 0) is 23.1 Å². The number of carbonyl (C=O) groups excluding carboxylic acids is 1. The number of aromatic nitrogens is 3. The van der Waals surface area contributed by atoms with E-state index in [1.807, 2.05) is 0 Å². The van der Waals surface area contributed by atoms with Crippen LogP contribution in [-0.4, -0.2) is 75.1 Å². The van der Waals surface area contributed by atoms with Gasteiger partial charge in [0.15, 0.2) is 6.23 Å². The van der Waals surface area contributed by atoms with E-state index in [-0.39, 0.29) is 48.6 Å². The van der Waals surface area contributed by atoms with Gasteiger partial charge < -0.3 is 44.8 Å². The van der Waals surface area contributed by atoms with Crippen molar-refractivity contribution >= 4 is 30.4 Å². The van der Waals surface area contributed by atoms with Crippen LogP contribution in [0.25, 0.3) is 11.0 Å². The molecule has 2 aromatic heterocycles. The van der Waals surface area contributed by atoms with Crippen LogP contribution < -0.4 is 11.5 Å². The molecule has 1 amide bonds. The number of ether oxygens (including phenoxy) is 2. The summed E-state index contributed by atoms with van der Waals surface area (Å²) < 4.78 is 35.4. The number of carbonyl (C=O) groups is 1. The number of hydrogen-bond donors (Lipinski definition) is 4. The monoisotopic (exact) mass is 473 g/mol. The smallest absolute Gasteiger partial charge is 0.356 e. The molecule has 1 aliphatic rings. The number of rotatable bonds is 10. The number of anilines is 1. The summed E-state index contributed by atoms with van der Waals surface area (Å²) in [4.78, 5) is 20.3. The lowest BCUT2D eigenvalue weighted by atomic mass is 10.1. The second kappa shape index (κ2) is 9.79. The fourth-order valence-electron chi connectivity index (χ4n) is 3.55. The lowest BCUT2D eigenvalue weighted by molar-refractivity contribution is -0.0616. The summed E-state index contributed by atoms with van der Waals surface area (Å²) in [7, 11) is -3.45. The van der Waals surface area contributed by atoms with Crippen molar-refractivity contribution in [1.29, 1.82) is 0 Å². The van der Waals surface area contributed by atoms with Crippen LogP contribution in [0.2, 0.25) is 0 Å². The minimum atomic E-state index is -3.45. The SMILES string of the molecule is CCOP(=O)(COCC1O[C@@H](n2cc(C(N)=O)c3c(N)nc(C)nc32)[C@H](O)[C@@H]1O)OCC. The summed E-state index contributed by atoms with van der Waals surface area (Å²) in [6.45, 7) is 5.13. The molecule has 0 spiro atoms. The summed E-state index contributed by atoms with van der Waals surface area (Å²) in [6, 6.07) is 0. The van der Waals surface area contributed by atoms with Gasteiger partial charge >= 0.3 is 7.60 Å². The van der Waals surface area contributed by atoms with Crippen molar-refractivity contribution in [1.82, 2.24) is 14.5 Å². The van der Waals surface area contributed by atoms with Crippen molar-refractivity contribution in [3.63, 3.8) is 0 Å². The highest BCUT2D eigenvalue weighted by Crippen LogP contribution is 2.48. The van der Waals surface area contributed by atoms with Gasteiger partial charge in [0.25, 0.3) is 5.91 Å². The maximum absolute atomic E-state index is 12.5. The third-order valence-corrected chi connectivity index (χ3v) is 6.67. The Kier molecular flexibility index (Phi) is 7.50. The molecule has 3 heterocycles. The van der Waals surface area contributed by atoms with Crippen molar-refractivity contribution in [2.24, 2.45) is 5.73 Å². The Hall–Kier alpha value is -2.12. The van der Waals surface area contributed by atoms with Crippen LogP contribution in [0.4, 0.5) is 5.82 Å². The molecule has 14 heteroatoms. The molecule has 0 saturated carbocycles. The number of primary amides is 1. The molecule has 178 valence electrons. The van der Waals surface area contributed by atoms with Gasteiger partial charge in [-0.15, -0.1) is 0 Å². The summed E-state index contributed by atoms with van der Waals surface area (Å²) >= 11 is 0. The maximum atomic E-state index is 12.5. The number of nitrogens with two attached hydrogens (primary N) is 2. The van der Waals surface area contributed by atoms with Gasteiger partial charge in [0, 0.05) is 6.20 Å². The van der Waals surface area contributed by atoms with Crippen molar-refractivity contribution in [2.75, 3.05) is 31.9 Å². The third-order valence-electron chi connectivity index (χ3n) is 4.87. The first kappa shape index (κ1) is 24.5. The molecule has 1 fully saturated rings. The Morgan fingerprint density at radius 3 is 2.50 bits per heavy atom. The van der Waals surface area contributed by atoms with E-state index >= 15 is 0 Å². The number of aliphatic hydroxyl groups excluding tert-OH is 2. The van der Waals surface area contributed by atoms with Crippen LogP contribution in [0.5, 0.6) is 0 Å². The van der Waals surface area contributed by atoms with E-state index in [1.165, 1.54) is 10.8 Å². The minimum Gasteiger partial charge on any atom is -0.387 e. The highest BCUT2D eigenvalue weighted by Gasteiger charge is 2.45. The molecule has 0 radical (unpaired) electrons. The summed E-state index contributed by atoms with van der Waals surface area (Å²) in [5, 5.41) is 21.3. The predicted octanol–water partition coefficient (Wildman–Crippen LogP) is 0.280. The van der Waals surface area contributed by atoms with Crippen LogP contribution in [0, 0.1) is 6.92 Å². The molecule has 0 aliphatic carbocycles. The minimum absolute atomic E-state index is 0.0515. The fourth-order valence-corrected chi connectivity index (χ4v) is 4.89. The topological polar surface area (TPSA) is 194 Å². The van der Waals surface area contributed by atoms with Crippen molar-refractivity contribution < 1.29 is 38.1 Å². The standard InChI is InChI=1S/C18H28N5O8P/c1-4-29-32(27,30-5-2)8-28-7-11-13(24)14(25)18(31-11)23-6-10(16(20)26)12-15(19)21-9(3)22-17(12)23/h6,11,13-14,18,24-25H,4-5,7-8H2,1-3H3,(H2,20,26)(H2,19,21,22)/t11?,13-,14-,18-/m1/s1. The Labute approximate surface area is 184 Å². The molecule has 1 unspecified atom stereocenters. The second-order valence-electron chi connectivity index (χ2n) is 7.16. The molecule has 4 atom stereocenters. The maximum Gasteiger partial charge on any atom is 0.356 e. The molecule has 0 bridgehead atoms. The molecule has 1 aliphatic heterocycles. The molecule has 6 N–H and O–H groups in total.